The third kappa shape index (κ3) is 11.7. The maximum atomic E-state index is 11.0. The predicted octanol–water partition coefficient (Wildman–Crippen LogP) is 5.96. The van der Waals surface area contributed by atoms with E-state index in [0.717, 1.165) is 12.8 Å². The quantitative estimate of drug-likeness (QED) is 0.151. The summed E-state index contributed by atoms with van der Waals surface area (Å²) in [6.45, 7) is 2.21. The zero-order valence-corrected chi connectivity index (χ0v) is 15.9. The minimum absolute atomic E-state index is 0.0761. The van der Waals surface area contributed by atoms with Crippen molar-refractivity contribution in [2.75, 3.05) is 7.11 Å². The van der Waals surface area contributed by atoms with Crippen LogP contribution in [0.15, 0.2) is 12.2 Å². The Hall–Kier alpha value is -0.830. The maximum absolute atomic E-state index is 11.0. The number of hydrogen-bond acceptors (Lipinski definition) is 3. The van der Waals surface area contributed by atoms with E-state index in [1.807, 2.05) is 0 Å². The summed E-state index contributed by atoms with van der Waals surface area (Å²) in [7, 11) is 1.46. The minimum atomic E-state index is -0.0761. The number of epoxide rings is 1. The van der Waals surface area contributed by atoms with Gasteiger partial charge in [0.1, 0.15) is 0 Å². The number of carbonyl (C=O) groups excluding carboxylic acids is 1. The first-order valence-electron chi connectivity index (χ1n) is 10.1. The second-order valence-electron chi connectivity index (χ2n) is 6.97. The summed E-state index contributed by atoms with van der Waals surface area (Å²) >= 11 is 0. The summed E-state index contributed by atoms with van der Waals surface area (Å²) < 4.78 is 10.2. The Labute approximate surface area is 149 Å². The van der Waals surface area contributed by atoms with Crippen molar-refractivity contribution in [2.24, 2.45) is 0 Å². The van der Waals surface area contributed by atoms with Crippen molar-refractivity contribution in [1.82, 2.24) is 0 Å². The Bertz CT molecular complexity index is 338. The number of methoxy groups -OCH3 is 1. The predicted molar refractivity (Wildman–Crippen MR) is 100 cm³/mol. The second-order valence-corrected chi connectivity index (χ2v) is 6.97. The molecule has 0 aromatic heterocycles. The smallest absolute Gasteiger partial charge is 0.305 e. The van der Waals surface area contributed by atoms with E-state index in [1.54, 1.807) is 0 Å². The molecule has 1 heterocycles. The largest absolute Gasteiger partial charge is 0.469 e. The van der Waals surface area contributed by atoms with Crippen LogP contribution in [0.1, 0.15) is 96.8 Å². The first-order valence-corrected chi connectivity index (χ1v) is 10.1. The topological polar surface area (TPSA) is 38.8 Å². The lowest BCUT2D eigenvalue weighted by molar-refractivity contribution is -0.140. The molecule has 24 heavy (non-hydrogen) atoms. The van der Waals surface area contributed by atoms with Crippen LogP contribution in [0.25, 0.3) is 0 Å². The molecule has 1 rings (SSSR count). The van der Waals surface area contributed by atoms with E-state index in [-0.39, 0.29) is 5.97 Å². The Balaban J connectivity index is 1.71. The third-order valence-electron chi connectivity index (χ3n) is 4.85. The van der Waals surface area contributed by atoms with Gasteiger partial charge in [0.15, 0.2) is 0 Å². The van der Waals surface area contributed by atoms with Crippen molar-refractivity contribution in [2.45, 2.75) is 109 Å². The molecule has 3 heteroatoms. The highest BCUT2D eigenvalue weighted by Crippen LogP contribution is 2.29. The van der Waals surface area contributed by atoms with Crippen molar-refractivity contribution in [3.63, 3.8) is 0 Å². The van der Waals surface area contributed by atoms with Crippen molar-refractivity contribution in [3.8, 4) is 0 Å². The van der Waals surface area contributed by atoms with Gasteiger partial charge in [0.25, 0.3) is 0 Å². The molecule has 0 spiro atoms. The van der Waals surface area contributed by atoms with Gasteiger partial charge in [-0.1, -0.05) is 57.6 Å². The number of ether oxygens (including phenoxy) is 2. The number of esters is 1. The fourth-order valence-corrected chi connectivity index (χ4v) is 3.15. The zero-order valence-electron chi connectivity index (χ0n) is 15.9. The van der Waals surface area contributed by atoms with Gasteiger partial charge in [-0.15, -0.1) is 0 Å². The summed E-state index contributed by atoms with van der Waals surface area (Å²) in [6, 6.07) is 0. The minimum Gasteiger partial charge on any atom is -0.469 e. The highest BCUT2D eigenvalue weighted by Gasteiger charge is 2.35. The fraction of sp³-hybridized carbons (Fsp3) is 0.857. The molecule has 1 aliphatic heterocycles. The highest BCUT2D eigenvalue weighted by atomic mass is 16.6. The molecule has 1 saturated heterocycles. The first-order chi connectivity index (χ1) is 11.8. The average molecular weight is 339 g/mol. The van der Waals surface area contributed by atoms with E-state index < -0.39 is 0 Å². The van der Waals surface area contributed by atoms with E-state index in [1.165, 1.54) is 77.7 Å². The van der Waals surface area contributed by atoms with E-state index in [2.05, 4.69) is 23.8 Å². The summed E-state index contributed by atoms with van der Waals surface area (Å²) in [4.78, 5) is 11.0. The van der Waals surface area contributed by atoms with Crippen LogP contribution >= 0.6 is 0 Å². The molecule has 0 amide bonds. The fourth-order valence-electron chi connectivity index (χ4n) is 3.15. The van der Waals surface area contributed by atoms with Gasteiger partial charge in [-0.2, -0.15) is 0 Å². The number of rotatable bonds is 16. The molecule has 140 valence electrons. The molecule has 1 aliphatic rings. The van der Waals surface area contributed by atoms with Crippen LogP contribution in [0.4, 0.5) is 0 Å². The van der Waals surface area contributed by atoms with Crippen LogP contribution in [0, 0.1) is 0 Å². The SMILES string of the molecule is CCC1OC1CCCCC=CCCCCCCCCCC(=O)OC. The molecule has 0 N–H and O–H groups in total. The summed E-state index contributed by atoms with van der Waals surface area (Å²) in [5, 5.41) is 0. The Morgan fingerprint density at radius 2 is 1.46 bits per heavy atom. The molecule has 0 radical (unpaired) electrons. The van der Waals surface area contributed by atoms with Gasteiger partial charge in [0.2, 0.25) is 0 Å². The van der Waals surface area contributed by atoms with Crippen LogP contribution in [-0.2, 0) is 14.3 Å². The average Bonchev–Trinajstić information content (AvgIpc) is 3.36. The monoisotopic (exact) mass is 338 g/mol. The van der Waals surface area contributed by atoms with Crippen molar-refractivity contribution >= 4 is 5.97 Å². The number of hydrogen-bond donors (Lipinski definition) is 0. The van der Waals surface area contributed by atoms with Gasteiger partial charge in [-0.25, -0.2) is 0 Å². The van der Waals surface area contributed by atoms with Crippen molar-refractivity contribution in [3.05, 3.63) is 12.2 Å². The van der Waals surface area contributed by atoms with Gasteiger partial charge in [-0.3, -0.25) is 4.79 Å². The number of allylic oxidation sites excluding steroid dienone is 2. The summed E-state index contributed by atoms with van der Waals surface area (Å²) in [6.07, 6.45) is 22.6. The van der Waals surface area contributed by atoms with Crippen molar-refractivity contribution in [1.29, 1.82) is 0 Å². The lowest BCUT2D eigenvalue weighted by Gasteiger charge is -2.01. The second kappa shape index (κ2) is 14.5. The van der Waals surface area contributed by atoms with Crippen LogP contribution in [0.5, 0.6) is 0 Å². The molecule has 0 saturated carbocycles. The molecule has 0 aromatic rings. The van der Waals surface area contributed by atoms with E-state index in [4.69, 9.17) is 4.74 Å². The Morgan fingerprint density at radius 3 is 2.04 bits per heavy atom. The van der Waals surface area contributed by atoms with E-state index in [9.17, 15) is 4.79 Å². The van der Waals surface area contributed by atoms with Crippen LogP contribution < -0.4 is 0 Å². The molecule has 2 atom stereocenters. The maximum Gasteiger partial charge on any atom is 0.305 e. The van der Waals surface area contributed by atoms with Crippen molar-refractivity contribution < 1.29 is 14.3 Å². The van der Waals surface area contributed by atoms with Gasteiger partial charge >= 0.3 is 5.97 Å². The molecule has 2 unspecified atom stereocenters. The first kappa shape index (κ1) is 21.2. The zero-order chi connectivity index (χ0) is 17.5. The van der Waals surface area contributed by atoms with Gasteiger partial charge in [0.05, 0.1) is 19.3 Å². The molecular formula is C21H38O3. The van der Waals surface area contributed by atoms with Crippen LogP contribution in [-0.4, -0.2) is 25.3 Å². The van der Waals surface area contributed by atoms with E-state index >= 15 is 0 Å². The normalized spacial score (nSPS) is 19.8. The third-order valence-corrected chi connectivity index (χ3v) is 4.85. The standard InChI is InChI=1S/C21H38O3/c1-3-19-20(24-19)17-15-13-11-9-7-5-4-6-8-10-12-14-16-18-21(22)23-2/h7,9,19-20H,3-6,8,10-18H2,1-2H3. The van der Waals surface area contributed by atoms with Gasteiger partial charge in [0, 0.05) is 6.42 Å². The van der Waals surface area contributed by atoms with E-state index in [0.29, 0.717) is 18.6 Å². The molecule has 0 aromatic carbocycles. The van der Waals surface area contributed by atoms with Crippen LogP contribution in [0.2, 0.25) is 0 Å². The highest BCUT2D eigenvalue weighted by molar-refractivity contribution is 5.68. The molecular weight excluding hydrogens is 300 g/mol. The number of carbonyl (C=O) groups is 1. The number of unbranched alkanes of at least 4 members (excludes halogenated alkanes) is 9. The van der Waals surface area contributed by atoms with Gasteiger partial charge in [-0.05, 0) is 44.9 Å². The van der Waals surface area contributed by atoms with Gasteiger partial charge < -0.3 is 9.47 Å². The molecule has 1 fully saturated rings. The molecule has 3 nitrogen and oxygen atoms in total. The molecule has 0 aliphatic carbocycles. The summed E-state index contributed by atoms with van der Waals surface area (Å²) in [5.74, 6) is -0.0761. The Morgan fingerprint density at radius 1 is 0.875 bits per heavy atom. The summed E-state index contributed by atoms with van der Waals surface area (Å²) in [5.41, 5.74) is 0. The Kier molecular flexibility index (Phi) is 12.8. The molecule has 0 bridgehead atoms. The van der Waals surface area contributed by atoms with Crippen LogP contribution in [0.3, 0.4) is 0 Å². The lowest BCUT2D eigenvalue weighted by atomic mass is 10.1. The lowest BCUT2D eigenvalue weighted by Crippen LogP contribution is -1.99.